The van der Waals surface area contributed by atoms with Gasteiger partial charge in [-0.05, 0) is 32.3 Å². The Morgan fingerprint density at radius 2 is 1.85 bits per heavy atom. The molecule has 0 aromatic carbocycles. The van der Waals surface area contributed by atoms with Gasteiger partial charge in [0.2, 0.25) is 5.91 Å². The fraction of sp³-hybridized carbons (Fsp3) is 0.389. The van der Waals surface area contributed by atoms with Crippen molar-refractivity contribution >= 4 is 45.5 Å². The summed E-state index contributed by atoms with van der Waals surface area (Å²) in [7, 11) is 1.65. The molecular formula is C18H22N2O5S2. The van der Waals surface area contributed by atoms with E-state index >= 15 is 0 Å². The minimum absolute atomic E-state index is 0.00663. The van der Waals surface area contributed by atoms with Crippen LogP contribution < -0.4 is 5.32 Å². The van der Waals surface area contributed by atoms with E-state index in [0.29, 0.717) is 17.2 Å². The van der Waals surface area contributed by atoms with Crippen LogP contribution in [-0.2, 0) is 19.1 Å². The predicted octanol–water partition coefficient (Wildman–Crippen LogP) is 3.09. The molecule has 0 aliphatic heterocycles. The molecule has 2 heterocycles. The topological polar surface area (TPSA) is 84.9 Å². The van der Waals surface area contributed by atoms with Crippen molar-refractivity contribution in [2.75, 3.05) is 38.7 Å². The summed E-state index contributed by atoms with van der Waals surface area (Å²) in [6.45, 7) is 4.00. The molecule has 9 heteroatoms. The summed E-state index contributed by atoms with van der Waals surface area (Å²) in [4.78, 5) is 38.7. The van der Waals surface area contributed by atoms with Gasteiger partial charge >= 0.3 is 11.9 Å². The summed E-state index contributed by atoms with van der Waals surface area (Å²) in [6.07, 6.45) is 0. The van der Waals surface area contributed by atoms with E-state index in [4.69, 9.17) is 9.47 Å². The normalized spacial score (nSPS) is 10.7. The van der Waals surface area contributed by atoms with Crippen molar-refractivity contribution in [1.82, 2.24) is 4.90 Å². The summed E-state index contributed by atoms with van der Waals surface area (Å²) in [5.41, 5.74) is 1.09. The number of carbonyl (C=O) groups is 3. The van der Waals surface area contributed by atoms with Gasteiger partial charge in [-0.1, -0.05) is 6.07 Å². The van der Waals surface area contributed by atoms with Gasteiger partial charge in [0.05, 0.1) is 26.3 Å². The average molecular weight is 411 g/mol. The Kier molecular flexibility index (Phi) is 7.96. The van der Waals surface area contributed by atoms with Crippen LogP contribution in [0.25, 0.3) is 10.4 Å². The molecule has 7 nitrogen and oxygen atoms in total. The molecule has 0 aliphatic carbocycles. The Balaban J connectivity index is 2.12. The first-order valence-corrected chi connectivity index (χ1v) is 10.2. The molecule has 0 saturated carbocycles. The summed E-state index contributed by atoms with van der Waals surface area (Å²) in [5.74, 6) is -1.19. The Morgan fingerprint density at radius 3 is 2.48 bits per heavy atom. The lowest BCUT2D eigenvalue weighted by Gasteiger charge is -2.15. The molecule has 0 bridgehead atoms. The number of likely N-dealkylation sites (N-methyl/N-ethyl adjacent to an activating group) is 1. The SMILES string of the molecule is CCOC(=O)CN(C)CC(=O)Nc1scc(-c2cccs2)c1C(=O)OCC. The van der Waals surface area contributed by atoms with Gasteiger partial charge in [-0.3, -0.25) is 14.5 Å². The van der Waals surface area contributed by atoms with Crippen molar-refractivity contribution in [2.24, 2.45) is 0 Å². The number of hydrogen-bond acceptors (Lipinski definition) is 8. The molecule has 0 atom stereocenters. The molecule has 146 valence electrons. The Hall–Kier alpha value is -2.23. The van der Waals surface area contributed by atoms with E-state index in [1.165, 1.54) is 22.7 Å². The Bertz CT molecular complexity index is 786. The van der Waals surface area contributed by atoms with Gasteiger partial charge in [0.15, 0.2) is 0 Å². The molecule has 0 aliphatic rings. The minimum Gasteiger partial charge on any atom is -0.465 e. The van der Waals surface area contributed by atoms with Crippen molar-refractivity contribution in [3.05, 3.63) is 28.5 Å². The van der Waals surface area contributed by atoms with Gasteiger partial charge in [-0.2, -0.15) is 0 Å². The number of carbonyl (C=O) groups excluding carboxylic acids is 3. The molecule has 0 spiro atoms. The number of rotatable bonds is 9. The van der Waals surface area contributed by atoms with E-state index in [1.807, 2.05) is 22.9 Å². The molecule has 1 N–H and O–H groups in total. The predicted molar refractivity (Wildman–Crippen MR) is 106 cm³/mol. The summed E-state index contributed by atoms with van der Waals surface area (Å²) >= 11 is 2.78. The summed E-state index contributed by atoms with van der Waals surface area (Å²) < 4.78 is 10.0. The van der Waals surface area contributed by atoms with Crippen LogP contribution in [-0.4, -0.2) is 56.1 Å². The molecule has 2 aromatic heterocycles. The first-order valence-electron chi connectivity index (χ1n) is 8.42. The number of nitrogens with zero attached hydrogens (tertiary/aromatic N) is 1. The van der Waals surface area contributed by atoms with Gasteiger partial charge in [0, 0.05) is 15.8 Å². The summed E-state index contributed by atoms with van der Waals surface area (Å²) in [5, 5.41) is 6.94. The zero-order valence-corrected chi connectivity index (χ0v) is 17.1. The lowest BCUT2D eigenvalue weighted by molar-refractivity contribution is -0.144. The highest BCUT2D eigenvalue weighted by Crippen LogP contribution is 2.38. The number of hydrogen-bond donors (Lipinski definition) is 1. The third kappa shape index (κ3) is 5.88. The minimum atomic E-state index is -0.475. The standard InChI is InChI=1S/C18H22N2O5S2/c1-4-24-15(22)10-20(3)9-14(21)19-17-16(18(23)25-5-2)12(11-27-17)13-7-6-8-26-13/h6-8,11H,4-5,9-10H2,1-3H3,(H,19,21). The molecule has 2 aromatic rings. The molecule has 27 heavy (non-hydrogen) atoms. The van der Waals surface area contributed by atoms with Crippen molar-refractivity contribution in [1.29, 1.82) is 0 Å². The molecule has 0 radical (unpaired) electrons. The monoisotopic (exact) mass is 410 g/mol. The van der Waals surface area contributed by atoms with Crippen LogP contribution in [0.4, 0.5) is 5.00 Å². The van der Waals surface area contributed by atoms with Gasteiger partial charge in [0.1, 0.15) is 10.6 Å². The lowest BCUT2D eigenvalue weighted by atomic mass is 10.1. The molecule has 0 saturated heterocycles. The highest BCUT2D eigenvalue weighted by atomic mass is 32.1. The maximum atomic E-state index is 12.4. The molecule has 0 unspecified atom stereocenters. The molecular weight excluding hydrogens is 388 g/mol. The van der Waals surface area contributed by atoms with Gasteiger partial charge in [-0.25, -0.2) is 4.79 Å². The van der Waals surface area contributed by atoms with Gasteiger partial charge in [-0.15, -0.1) is 22.7 Å². The maximum Gasteiger partial charge on any atom is 0.341 e. The quantitative estimate of drug-likeness (QED) is 0.640. The second-order valence-corrected chi connectivity index (χ2v) is 7.40. The second kappa shape index (κ2) is 10.2. The molecule has 0 fully saturated rings. The number of anilines is 1. The van der Waals surface area contributed by atoms with E-state index in [-0.39, 0.29) is 25.6 Å². The number of nitrogens with one attached hydrogen (secondary N) is 1. The van der Waals surface area contributed by atoms with Crippen LogP contribution in [0, 0.1) is 0 Å². The average Bonchev–Trinajstić information content (AvgIpc) is 3.23. The number of thiophene rings is 2. The van der Waals surface area contributed by atoms with Crippen molar-refractivity contribution in [3.8, 4) is 10.4 Å². The third-order valence-electron chi connectivity index (χ3n) is 3.43. The van der Waals surface area contributed by atoms with Crippen LogP contribution in [0.1, 0.15) is 24.2 Å². The molecule has 1 amide bonds. The highest BCUT2D eigenvalue weighted by Gasteiger charge is 2.23. The van der Waals surface area contributed by atoms with Crippen LogP contribution >= 0.6 is 22.7 Å². The lowest BCUT2D eigenvalue weighted by Crippen LogP contribution is -2.34. The number of ether oxygens (including phenoxy) is 2. The van der Waals surface area contributed by atoms with E-state index in [9.17, 15) is 14.4 Å². The summed E-state index contributed by atoms with van der Waals surface area (Å²) in [6, 6.07) is 3.81. The van der Waals surface area contributed by atoms with Crippen LogP contribution in [0.2, 0.25) is 0 Å². The van der Waals surface area contributed by atoms with E-state index in [1.54, 1.807) is 25.8 Å². The number of esters is 2. The maximum absolute atomic E-state index is 12.4. The van der Waals surface area contributed by atoms with E-state index in [2.05, 4.69) is 5.32 Å². The third-order valence-corrected chi connectivity index (χ3v) is 5.23. The fourth-order valence-electron chi connectivity index (χ4n) is 2.36. The first kappa shape index (κ1) is 21.1. The van der Waals surface area contributed by atoms with Crippen molar-refractivity contribution in [3.63, 3.8) is 0 Å². The second-order valence-electron chi connectivity index (χ2n) is 5.58. The smallest absolute Gasteiger partial charge is 0.341 e. The van der Waals surface area contributed by atoms with Crippen molar-refractivity contribution < 1.29 is 23.9 Å². The van der Waals surface area contributed by atoms with Crippen molar-refractivity contribution in [2.45, 2.75) is 13.8 Å². The Morgan fingerprint density at radius 1 is 1.11 bits per heavy atom. The van der Waals surface area contributed by atoms with E-state index in [0.717, 1.165) is 10.4 Å². The van der Waals surface area contributed by atoms with Gasteiger partial charge < -0.3 is 14.8 Å². The fourth-order valence-corrected chi connectivity index (χ4v) is 4.15. The number of amides is 1. The largest absolute Gasteiger partial charge is 0.465 e. The van der Waals surface area contributed by atoms with Gasteiger partial charge in [0.25, 0.3) is 0 Å². The highest BCUT2D eigenvalue weighted by molar-refractivity contribution is 7.17. The zero-order chi connectivity index (χ0) is 19.8. The molecule has 2 rings (SSSR count). The first-order chi connectivity index (χ1) is 13.0. The van der Waals surface area contributed by atoms with E-state index < -0.39 is 11.9 Å². The van der Waals surface area contributed by atoms with Crippen LogP contribution in [0.5, 0.6) is 0 Å². The van der Waals surface area contributed by atoms with Crippen LogP contribution in [0.15, 0.2) is 22.9 Å². The van der Waals surface area contributed by atoms with Crippen LogP contribution in [0.3, 0.4) is 0 Å². The zero-order valence-electron chi connectivity index (χ0n) is 15.4. The Labute approximate surface area is 165 Å².